The zero-order valence-corrected chi connectivity index (χ0v) is 11.2. The standard InChI is InChI=1S/C13H16BrNO/c1-3-4-5-8-16-13-7-6-11(14)9-12(13)10(2)15/h6-7,9-10H,5,8,15H2,1-2H3. The Morgan fingerprint density at radius 1 is 1.50 bits per heavy atom. The maximum atomic E-state index is 5.89. The Bertz CT molecular complexity index is 404. The van der Waals surface area contributed by atoms with Crippen molar-refractivity contribution in [2.24, 2.45) is 5.73 Å². The molecular weight excluding hydrogens is 266 g/mol. The first-order chi connectivity index (χ1) is 7.65. The number of benzene rings is 1. The van der Waals surface area contributed by atoms with Crippen molar-refractivity contribution in [2.75, 3.05) is 6.61 Å². The highest BCUT2D eigenvalue weighted by atomic mass is 79.9. The molecule has 0 bridgehead atoms. The molecule has 0 aliphatic carbocycles. The van der Waals surface area contributed by atoms with Gasteiger partial charge in [-0.15, -0.1) is 11.8 Å². The zero-order chi connectivity index (χ0) is 12.0. The highest BCUT2D eigenvalue weighted by Crippen LogP contribution is 2.27. The lowest BCUT2D eigenvalue weighted by atomic mass is 10.1. The largest absolute Gasteiger partial charge is 0.492 e. The molecule has 86 valence electrons. The van der Waals surface area contributed by atoms with Gasteiger partial charge in [0.05, 0.1) is 6.61 Å². The number of ether oxygens (including phenoxy) is 1. The third-order valence-electron chi connectivity index (χ3n) is 2.12. The molecule has 0 heterocycles. The van der Waals surface area contributed by atoms with Crippen molar-refractivity contribution in [3.05, 3.63) is 28.2 Å². The summed E-state index contributed by atoms with van der Waals surface area (Å²) in [6, 6.07) is 5.84. The van der Waals surface area contributed by atoms with E-state index in [2.05, 4.69) is 27.8 Å². The van der Waals surface area contributed by atoms with Crippen LogP contribution in [0.15, 0.2) is 22.7 Å². The summed E-state index contributed by atoms with van der Waals surface area (Å²) in [4.78, 5) is 0. The van der Waals surface area contributed by atoms with Gasteiger partial charge in [-0.1, -0.05) is 15.9 Å². The third-order valence-corrected chi connectivity index (χ3v) is 2.62. The molecule has 1 rings (SSSR count). The van der Waals surface area contributed by atoms with Crippen molar-refractivity contribution in [1.82, 2.24) is 0 Å². The molecule has 0 saturated carbocycles. The first-order valence-corrected chi connectivity index (χ1v) is 6.02. The van der Waals surface area contributed by atoms with E-state index < -0.39 is 0 Å². The van der Waals surface area contributed by atoms with Crippen LogP contribution in [0, 0.1) is 11.8 Å². The predicted molar refractivity (Wildman–Crippen MR) is 70.3 cm³/mol. The van der Waals surface area contributed by atoms with Crippen molar-refractivity contribution in [3.63, 3.8) is 0 Å². The van der Waals surface area contributed by atoms with E-state index in [1.165, 1.54) is 0 Å². The molecule has 0 radical (unpaired) electrons. The van der Waals surface area contributed by atoms with Crippen molar-refractivity contribution in [2.45, 2.75) is 26.3 Å². The highest BCUT2D eigenvalue weighted by molar-refractivity contribution is 9.10. The molecule has 2 N–H and O–H groups in total. The fourth-order valence-electron chi connectivity index (χ4n) is 1.34. The second-order valence-corrected chi connectivity index (χ2v) is 4.41. The van der Waals surface area contributed by atoms with Gasteiger partial charge in [-0.3, -0.25) is 0 Å². The van der Waals surface area contributed by atoms with Crippen molar-refractivity contribution in [1.29, 1.82) is 0 Å². The van der Waals surface area contributed by atoms with Crippen molar-refractivity contribution >= 4 is 15.9 Å². The van der Waals surface area contributed by atoms with E-state index >= 15 is 0 Å². The SMILES string of the molecule is CC#CCCOc1ccc(Br)cc1C(C)N. The van der Waals surface area contributed by atoms with Gasteiger partial charge in [-0.2, -0.15) is 0 Å². The van der Waals surface area contributed by atoms with E-state index in [0.717, 1.165) is 22.2 Å². The van der Waals surface area contributed by atoms with Crippen LogP contribution in [-0.4, -0.2) is 6.61 Å². The summed E-state index contributed by atoms with van der Waals surface area (Å²) in [5.41, 5.74) is 6.90. The van der Waals surface area contributed by atoms with Crippen LogP contribution in [-0.2, 0) is 0 Å². The minimum atomic E-state index is -0.0373. The molecule has 0 spiro atoms. The van der Waals surface area contributed by atoms with Gasteiger partial charge in [0.25, 0.3) is 0 Å². The van der Waals surface area contributed by atoms with Crippen LogP contribution in [0.3, 0.4) is 0 Å². The second kappa shape index (κ2) is 6.57. The van der Waals surface area contributed by atoms with Crippen LogP contribution >= 0.6 is 15.9 Å². The lowest BCUT2D eigenvalue weighted by Gasteiger charge is -2.13. The molecule has 0 aliphatic heterocycles. The fraction of sp³-hybridized carbons (Fsp3) is 0.385. The van der Waals surface area contributed by atoms with Gasteiger partial charge in [0, 0.05) is 22.5 Å². The molecule has 16 heavy (non-hydrogen) atoms. The Kier molecular flexibility index (Phi) is 5.37. The van der Waals surface area contributed by atoms with Crippen LogP contribution in [0.4, 0.5) is 0 Å². The van der Waals surface area contributed by atoms with Crippen LogP contribution < -0.4 is 10.5 Å². The number of halogens is 1. The summed E-state index contributed by atoms with van der Waals surface area (Å²) in [6.45, 7) is 4.37. The topological polar surface area (TPSA) is 35.2 Å². The van der Waals surface area contributed by atoms with Crippen LogP contribution in [0.2, 0.25) is 0 Å². The second-order valence-electron chi connectivity index (χ2n) is 3.50. The molecule has 0 saturated heterocycles. The smallest absolute Gasteiger partial charge is 0.124 e. The number of nitrogens with two attached hydrogens (primary N) is 1. The number of hydrogen-bond donors (Lipinski definition) is 1. The van der Waals surface area contributed by atoms with Crippen molar-refractivity contribution in [3.8, 4) is 17.6 Å². The molecule has 0 fully saturated rings. The Hall–Kier alpha value is -0.980. The summed E-state index contributed by atoms with van der Waals surface area (Å²) < 4.78 is 6.67. The minimum Gasteiger partial charge on any atom is -0.492 e. The van der Waals surface area contributed by atoms with E-state index in [9.17, 15) is 0 Å². The predicted octanol–water partition coefficient (Wildman–Crippen LogP) is 3.26. The van der Waals surface area contributed by atoms with Gasteiger partial charge < -0.3 is 10.5 Å². The van der Waals surface area contributed by atoms with E-state index in [-0.39, 0.29) is 6.04 Å². The normalized spacial score (nSPS) is 11.5. The Morgan fingerprint density at radius 3 is 2.88 bits per heavy atom. The summed E-state index contributed by atoms with van der Waals surface area (Å²) >= 11 is 3.42. The molecule has 0 aromatic heterocycles. The molecule has 1 unspecified atom stereocenters. The van der Waals surface area contributed by atoms with Crippen molar-refractivity contribution < 1.29 is 4.74 Å². The average molecular weight is 282 g/mol. The quantitative estimate of drug-likeness (QED) is 0.679. The minimum absolute atomic E-state index is 0.0373. The molecule has 3 heteroatoms. The van der Waals surface area contributed by atoms with Gasteiger partial charge >= 0.3 is 0 Å². The average Bonchev–Trinajstić information content (AvgIpc) is 2.26. The molecule has 1 atom stereocenters. The van der Waals surface area contributed by atoms with Gasteiger partial charge in [0.2, 0.25) is 0 Å². The Labute approximate surface area is 105 Å². The van der Waals surface area contributed by atoms with E-state index in [4.69, 9.17) is 10.5 Å². The summed E-state index contributed by atoms with van der Waals surface area (Å²) in [5, 5.41) is 0. The maximum Gasteiger partial charge on any atom is 0.124 e. The van der Waals surface area contributed by atoms with Gasteiger partial charge in [0.15, 0.2) is 0 Å². The maximum absolute atomic E-state index is 5.89. The molecule has 0 amide bonds. The Balaban J connectivity index is 2.73. The zero-order valence-electron chi connectivity index (χ0n) is 9.59. The molecule has 1 aromatic carbocycles. The summed E-state index contributed by atoms with van der Waals surface area (Å²) in [7, 11) is 0. The van der Waals surface area contributed by atoms with Crippen LogP contribution in [0.5, 0.6) is 5.75 Å². The number of hydrogen-bond acceptors (Lipinski definition) is 2. The number of rotatable bonds is 4. The van der Waals surface area contributed by atoms with E-state index in [0.29, 0.717) is 6.61 Å². The van der Waals surface area contributed by atoms with E-state index in [1.807, 2.05) is 32.0 Å². The lowest BCUT2D eigenvalue weighted by Crippen LogP contribution is -2.08. The monoisotopic (exact) mass is 281 g/mol. The first-order valence-electron chi connectivity index (χ1n) is 5.22. The molecule has 0 aliphatic rings. The van der Waals surface area contributed by atoms with Crippen LogP contribution in [0.25, 0.3) is 0 Å². The van der Waals surface area contributed by atoms with Gasteiger partial charge in [0.1, 0.15) is 5.75 Å². The first kappa shape index (κ1) is 13.1. The van der Waals surface area contributed by atoms with Gasteiger partial charge in [-0.25, -0.2) is 0 Å². The molecule has 2 nitrogen and oxygen atoms in total. The van der Waals surface area contributed by atoms with E-state index in [1.54, 1.807) is 0 Å². The fourth-order valence-corrected chi connectivity index (χ4v) is 1.72. The highest BCUT2D eigenvalue weighted by Gasteiger charge is 2.08. The summed E-state index contributed by atoms with van der Waals surface area (Å²) in [5.74, 6) is 6.64. The lowest BCUT2D eigenvalue weighted by molar-refractivity contribution is 0.322. The third kappa shape index (κ3) is 3.88. The Morgan fingerprint density at radius 2 is 2.25 bits per heavy atom. The summed E-state index contributed by atoms with van der Waals surface area (Å²) in [6.07, 6.45) is 0.741. The molecular formula is C13H16BrNO. The molecule has 1 aromatic rings. The van der Waals surface area contributed by atoms with Crippen LogP contribution in [0.1, 0.15) is 31.9 Å². The van der Waals surface area contributed by atoms with Gasteiger partial charge in [-0.05, 0) is 32.0 Å².